The van der Waals surface area contributed by atoms with Crippen molar-refractivity contribution in [3.63, 3.8) is 0 Å². The number of thiocarbonyl (C=S) groups is 1. The van der Waals surface area contributed by atoms with Crippen LogP contribution in [0.4, 0.5) is 0 Å². The summed E-state index contributed by atoms with van der Waals surface area (Å²) >= 11 is 6.81. The molecule has 0 bridgehead atoms. The Kier molecular flexibility index (Phi) is 3.97. The Morgan fingerprint density at radius 3 is 2.63 bits per heavy atom. The number of carbonyl (C=O) groups is 1. The average Bonchev–Trinajstić information content (AvgIpc) is 2.70. The van der Waals surface area contributed by atoms with E-state index in [0.717, 1.165) is 17.7 Å². The molecule has 19 heavy (non-hydrogen) atoms. The Balaban J connectivity index is 2.06. The first-order valence-corrected chi connectivity index (χ1v) is 7.75. The van der Waals surface area contributed by atoms with E-state index in [1.165, 1.54) is 4.88 Å². The molecule has 1 aliphatic rings. The van der Waals surface area contributed by atoms with Crippen molar-refractivity contribution in [1.82, 2.24) is 5.32 Å². The van der Waals surface area contributed by atoms with Crippen LogP contribution >= 0.6 is 23.6 Å². The predicted molar refractivity (Wildman–Crippen MR) is 83.2 cm³/mol. The predicted octanol–water partition coefficient (Wildman–Crippen LogP) is 2.94. The van der Waals surface area contributed by atoms with Crippen molar-refractivity contribution in [2.45, 2.75) is 39.7 Å². The van der Waals surface area contributed by atoms with Gasteiger partial charge in [-0.2, -0.15) is 0 Å². The van der Waals surface area contributed by atoms with Gasteiger partial charge < -0.3 is 11.1 Å². The van der Waals surface area contributed by atoms with Crippen LogP contribution in [0.15, 0.2) is 12.1 Å². The van der Waals surface area contributed by atoms with Gasteiger partial charge in [-0.05, 0) is 44.7 Å². The van der Waals surface area contributed by atoms with Crippen LogP contribution < -0.4 is 11.1 Å². The minimum absolute atomic E-state index is 0.00771. The molecule has 0 aromatic carbocycles. The van der Waals surface area contributed by atoms with Crippen LogP contribution in [0.3, 0.4) is 0 Å². The molecular formula is C14H20N2OS2. The molecule has 104 valence electrons. The molecule has 1 aromatic heterocycles. The monoisotopic (exact) mass is 296 g/mol. The minimum Gasteiger partial charge on any atom is -0.392 e. The second kappa shape index (κ2) is 5.21. The van der Waals surface area contributed by atoms with E-state index in [0.29, 0.717) is 10.9 Å². The number of hydrogen-bond donors (Lipinski definition) is 2. The summed E-state index contributed by atoms with van der Waals surface area (Å²) in [6.45, 7) is 6.18. The lowest BCUT2D eigenvalue weighted by Crippen LogP contribution is -2.56. The molecule has 5 heteroatoms. The third kappa shape index (κ3) is 2.67. The molecule has 3 N–H and O–H groups in total. The van der Waals surface area contributed by atoms with Gasteiger partial charge >= 0.3 is 0 Å². The maximum absolute atomic E-state index is 12.5. The lowest BCUT2D eigenvalue weighted by atomic mass is 9.62. The quantitative estimate of drug-likeness (QED) is 0.840. The fraction of sp³-hybridized carbons (Fsp3) is 0.571. The number of carbonyl (C=O) groups excluding carboxylic acids is 1. The first kappa shape index (κ1) is 14.5. The zero-order valence-corrected chi connectivity index (χ0v) is 13.2. The largest absolute Gasteiger partial charge is 0.392 e. The Morgan fingerprint density at radius 1 is 1.58 bits per heavy atom. The second-order valence-corrected chi connectivity index (χ2v) is 7.36. The van der Waals surface area contributed by atoms with Crippen LogP contribution in [0.5, 0.6) is 0 Å². The van der Waals surface area contributed by atoms with E-state index in [4.69, 9.17) is 18.0 Å². The third-order valence-electron chi connectivity index (χ3n) is 3.84. The number of thiophene rings is 1. The van der Waals surface area contributed by atoms with Crippen LogP contribution in [-0.4, -0.2) is 10.9 Å². The molecule has 0 saturated heterocycles. The highest BCUT2D eigenvalue weighted by Crippen LogP contribution is 2.46. The van der Waals surface area contributed by atoms with Crippen molar-refractivity contribution >= 4 is 34.5 Å². The molecule has 2 rings (SSSR count). The first-order valence-electron chi connectivity index (χ1n) is 6.52. The van der Waals surface area contributed by atoms with E-state index in [2.05, 4.69) is 31.3 Å². The maximum Gasteiger partial charge on any atom is 0.233 e. The summed E-state index contributed by atoms with van der Waals surface area (Å²) in [5.41, 5.74) is 5.17. The van der Waals surface area contributed by atoms with Gasteiger partial charge in [0.15, 0.2) is 0 Å². The summed E-state index contributed by atoms with van der Waals surface area (Å²) in [4.78, 5) is 15.2. The zero-order chi connectivity index (χ0) is 14.2. The minimum atomic E-state index is -0.616. The van der Waals surface area contributed by atoms with Crippen molar-refractivity contribution in [2.75, 3.05) is 0 Å². The molecule has 1 aromatic rings. The molecular weight excluding hydrogens is 276 g/mol. The van der Waals surface area contributed by atoms with Gasteiger partial charge in [-0.25, -0.2) is 0 Å². The summed E-state index contributed by atoms with van der Waals surface area (Å²) in [7, 11) is 0. The van der Waals surface area contributed by atoms with Gasteiger partial charge in [0.25, 0.3) is 0 Å². The molecule has 3 nitrogen and oxygen atoms in total. The lowest BCUT2D eigenvalue weighted by Gasteiger charge is -2.44. The number of rotatable bonds is 4. The third-order valence-corrected chi connectivity index (χ3v) is 5.41. The number of amides is 1. The van der Waals surface area contributed by atoms with Gasteiger partial charge in [-0.3, -0.25) is 4.79 Å². The molecule has 1 heterocycles. The standard InChI is InChI=1S/C14H20N2OS2/c1-8-6-14(7-8,12(15)18)13(17)16-10(3)11-5-4-9(2)19-11/h4-5,8,10H,6-7H2,1-3H3,(H2,15,18)(H,16,17). The van der Waals surface area contributed by atoms with Gasteiger partial charge in [-0.1, -0.05) is 19.1 Å². The number of aryl methyl sites for hydroxylation is 1. The zero-order valence-electron chi connectivity index (χ0n) is 11.5. The number of nitrogens with two attached hydrogens (primary N) is 1. The van der Waals surface area contributed by atoms with E-state index in [1.54, 1.807) is 11.3 Å². The van der Waals surface area contributed by atoms with Crippen LogP contribution in [0.1, 0.15) is 42.5 Å². The maximum atomic E-state index is 12.5. The summed E-state index contributed by atoms with van der Waals surface area (Å²) in [5.74, 6) is 0.503. The highest BCUT2D eigenvalue weighted by atomic mass is 32.1. The molecule has 1 atom stereocenters. The molecule has 1 amide bonds. The van der Waals surface area contributed by atoms with Gasteiger partial charge in [-0.15, -0.1) is 11.3 Å². The normalized spacial score (nSPS) is 27.4. The molecule has 1 fully saturated rings. The Morgan fingerprint density at radius 2 is 2.21 bits per heavy atom. The fourth-order valence-corrected chi connectivity index (χ4v) is 3.86. The van der Waals surface area contributed by atoms with E-state index >= 15 is 0 Å². The molecule has 1 saturated carbocycles. The Bertz CT molecular complexity index is 503. The van der Waals surface area contributed by atoms with Crippen LogP contribution in [0.2, 0.25) is 0 Å². The molecule has 1 aliphatic carbocycles. The van der Waals surface area contributed by atoms with Crippen molar-refractivity contribution < 1.29 is 4.79 Å². The molecule has 0 aliphatic heterocycles. The SMILES string of the molecule is Cc1ccc(C(C)NC(=O)C2(C(N)=S)CC(C)C2)s1. The second-order valence-electron chi connectivity index (χ2n) is 5.60. The van der Waals surface area contributed by atoms with Gasteiger partial charge in [0.1, 0.15) is 0 Å². The summed E-state index contributed by atoms with van der Waals surface area (Å²) in [6, 6.07) is 4.13. The Labute approximate surface area is 123 Å². The highest BCUT2D eigenvalue weighted by molar-refractivity contribution is 7.80. The van der Waals surface area contributed by atoms with E-state index in [-0.39, 0.29) is 11.9 Å². The van der Waals surface area contributed by atoms with Crippen molar-refractivity contribution in [2.24, 2.45) is 17.1 Å². The average molecular weight is 296 g/mol. The van der Waals surface area contributed by atoms with Crippen LogP contribution in [-0.2, 0) is 4.79 Å². The Hall–Kier alpha value is -0.940. The van der Waals surface area contributed by atoms with Crippen molar-refractivity contribution in [1.29, 1.82) is 0 Å². The topological polar surface area (TPSA) is 55.1 Å². The van der Waals surface area contributed by atoms with Gasteiger partial charge in [0.05, 0.1) is 16.4 Å². The highest BCUT2D eigenvalue weighted by Gasteiger charge is 2.51. The summed E-state index contributed by atoms with van der Waals surface area (Å²) in [5, 5.41) is 3.06. The van der Waals surface area contributed by atoms with Crippen LogP contribution in [0.25, 0.3) is 0 Å². The first-order chi connectivity index (χ1) is 8.85. The van der Waals surface area contributed by atoms with Crippen molar-refractivity contribution in [3.05, 3.63) is 21.9 Å². The lowest BCUT2D eigenvalue weighted by molar-refractivity contribution is -0.133. The molecule has 0 radical (unpaired) electrons. The molecule has 0 spiro atoms. The van der Waals surface area contributed by atoms with Crippen molar-refractivity contribution in [3.8, 4) is 0 Å². The molecule has 1 unspecified atom stereocenters. The van der Waals surface area contributed by atoms with E-state index in [1.807, 2.05) is 6.92 Å². The van der Waals surface area contributed by atoms with E-state index in [9.17, 15) is 4.79 Å². The summed E-state index contributed by atoms with van der Waals surface area (Å²) < 4.78 is 0. The van der Waals surface area contributed by atoms with E-state index < -0.39 is 5.41 Å². The number of hydrogen-bond acceptors (Lipinski definition) is 3. The van der Waals surface area contributed by atoms with Gasteiger partial charge in [0.2, 0.25) is 5.91 Å². The van der Waals surface area contributed by atoms with Crippen LogP contribution in [0, 0.1) is 18.3 Å². The fourth-order valence-electron chi connectivity index (χ4n) is 2.72. The smallest absolute Gasteiger partial charge is 0.233 e. The summed E-state index contributed by atoms with van der Waals surface area (Å²) in [6.07, 6.45) is 1.54. The number of nitrogens with one attached hydrogen (secondary N) is 1. The van der Waals surface area contributed by atoms with Gasteiger partial charge in [0, 0.05) is 9.75 Å².